The second kappa shape index (κ2) is 4.25. The van der Waals surface area contributed by atoms with Gasteiger partial charge >= 0.3 is 5.97 Å². The number of anilines is 2. The summed E-state index contributed by atoms with van der Waals surface area (Å²) in [6.45, 7) is -0.138. The van der Waals surface area contributed by atoms with E-state index in [4.69, 9.17) is 10.8 Å². The SMILES string of the molecule is Nc1c(F)cc(F)cc1N1CC(C(=O)O)CC1=O. The number of halogens is 2. The average molecular weight is 256 g/mol. The van der Waals surface area contributed by atoms with E-state index in [2.05, 4.69) is 0 Å². The number of amides is 1. The topological polar surface area (TPSA) is 83.6 Å². The van der Waals surface area contributed by atoms with Crippen LogP contribution in [0.4, 0.5) is 20.2 Å². The Hall–Kier alpha value is -2.18. The van der Waals surface area contributed by atoms with Crippen molar-refractivity contribution in [3.63, 3.8) is 0 Å². The second-order valence-electron chi connectivity index (χ2n) is 4.06. The smallest absolute Gasteiger partial charge is 0.308 e. The quantitative estimate of drug-likeness (QED) is 0.773. The monoisotopic (exact) mass is 256 g/mol. The van der Waals surface area contributed by atoms with Crippen LogP contribution in [0.2, 0.25) is 0 Å². The predicted octanol–water partition coefficient (Wildman–Crippen LogP) is 0.985. The van der Waals surface area contributed by atoms with Crippen molar-refractivity contribution in [2.45, 2.75) is 6.42 Å². The highest BCUT2D eigenvalue weighted by molar-refractivity contribution is 6.01. The average Bonchev–Trinajstić information content (AvgIpc) is 2.66. The molecule has 0 bridgehead atoms. The van der Waals surface area contributed by atoms with Crippen molar-refractivity contribution in [2.75, 3.05) is 17.2 Å². The van der Waals surface area contributed by atoms with E-state index in [0.29, 0.717) is 6.07 Å². The van der Waals surface area contributed by atoms with Crippen molar-refractivity contribution in [2.24, 2.45) is 5.92 Å². The number of nitrogens with zero attached hydrogens (tertiary/aromatic N) is 1. The summed E-state index contributed by atoms with van der Waals surface area (Å²) in [5.41, 5.74) is 4.94. The van der Waals surface area contributed by atoms with Gasteiger partial charge in [0.25, 0.3) is 0 Å². The van der Waals surface area contributed by atoms with Crippen molar-refractivity contribution < 1.29 is 23.5 Å². The van der Waals surface area contributed by atoms with E-state index in [-0.39, 0.29) is 24.3 Å². The molecule has 0 radical (unpaired) electrons. The molecule has 1 amide bonds. The minimum absolute atomic E-state index is 0.124. The number of nitrogens with two attached hydrogens (primary N) is 1. The van der Waals surface area contributed by atoms with Crippen molar-refractivity contribution in [1.29, 1.82) is 0 Å². The number of benzene rings is 1. The summed E-state index contributed by atoms with van der Waals surface area (Å²) >= 11 is 0. The van der Waals surface area contributed by atoms with Gasteiger partial charge in [-0.25, -0.2) is 8.78 Å². The summed E-state index contributed by atoms with van der Waals surface area (Å²) < 4.78 is 26.4. The molecular weight excluding hydrogens is 246 g/mol. The summed E-state index contributed by atoms with van der Waals surface area (Å²) in [7, 11) is 0. The summed E-state index contributed by atoms with van der Waals surface area (Å²) in [6, 6.07) is 1.52. The van der Waals surface area contributed by atoms with Gasteiger partial charge in [-0.1, -0.05) is 0 Å². The number of carboxylic acid groups (broad SMARTS) is 1. The summed E-state index contributed by atoms with van der Waals surface area (Å²) in [5.74, 6) is -4.37. The molecule has 2 rings (SSSR count). The Kier molecular flexibility index (Phi) is 2.90. The van der Waals surface area contributed by atoms with Crippen LogP contribution in [-0.4, -0.2) is 23.5 Å². The number of hydrogen-bond donors (Lipinski definition) is 2. The van der Waals surface area contributed by atoms with E-state index in [1.165, 1.54) is 0 Å². The number of aliphatic carboxylic acids is 1. The van der Waals surface area contributed by atoms with Gasteiger partial charge in [0.15, 0.2) is 5.82 Å². The van der Waals surface area contributed by atoms with Crippen LogP contribution >= 0.6 is 0 Å². The van der Waals surface area contributed by atoms with Gasteiger partial charge in [0, 0.05) is 19.0 Å². The molecule has 1 aromatic carbocycles. The van der Waals surface area contributed by atoms with Crippen LogP contribution in [0.1, 0.15) is 6.42 Å². The Labute approximate surface area is 101 Å². The lowest BCUT2D eigenvalue weighted by Crippen LogP contribution is -2.27. The Morgan fingerprint density at radius 3 is 2.67 bits per heavy atom. The molecule has 0 spiro atoms. The van der Waals surface area contributed by atoms with Gasteiger partial charge in [-0.15, -0.1) is 0 Å². The number of hydrogen-bond acceptors (Lipinski definition) is 3. The molecular formula is C11H10F2N2O3. The largest absolute Gasteiger partial charge is 0.481 e. The van der Waals surface area contributed by atoms with Crippen LogP contribution in [0.15, 0.2) is 12.1 Å². The van der Waals surface area contributed by atoms with Gasteiger partial charge in [-0.2, -0.15) is 0 Å². The molecule has 0 aliphatic carbocycles. The number of carboxylic acids is 1. The number of rotatable bonds is 2. The standard InChI is InChI=1S/C11H10F2N2O3/c12-6-2-7(13)10(14)8(3-6)15-4-5(11(17)18)1-9(15)16/h2-3,5H,1,4,14H2,(H,17,18). The maximum atomic E-state index is 13.3. The Bertz CT molecular complexity index is 533. The molecule has 1 aromatic rings. The van der Waals surface area contributed by atoms with Crippen molar-refractivity contribution in [3.05, 3.63) is 23.8 Å². The molecule has 1 atom stereocenters. The molecule has 0 aromatic heterocycles. The number of carbonyl (C=O) groups excluding carboxylic acids is 1. The van der Waals surface area contributed by atoms with Gasteiger partial charge in [0.2, 0.25) is 5.91 Å². The summed E-state index contributed by atoms with van der Waals surface area (Å²) in [5, 5.41) is 8.82. The van der Waals surface area contributed by atoms with Gasteiger partial charge in [-0.3, -0.25) is 9.59 Å². The maximum absolute atomic E-state index is 13.3. The van der Waals surface area contributed by atoms with Crippen molar-refractivity contribution in [1.82, 2.24) is 0 Å². The zero-order valence-electron chi connectivity index (χ0n) is 9.19. The van der Waals surface area contributed by atoms with Gasteiger partial charge < -0.3 is 15.7 Å². The van der Waals surface area contributed by atoms with Crippen LogP contribution in [-0.2, 0) is 9.59 Å². The molecule has 1 unspecified atom stereocenters. The summed E-state index contributed by atoms with van der Waals surface area (Å²) in [4.78, 5) is 23.4. The van der Waals surface area contributed by atoms with Crippen molar-refractivity contribution >= 4 is 23.3 Å². The Morgan fingerprint density at radius 1 is 1.44 bits per heavy atom. The van der Waals surface area contributed by atoms with Gasteiger partial charge in [0.1, 0.15) is 5.82 Å². The molecule has 1 heterocycles. The molecule has 3 N–H and O–H groups in total. The van der Waals surface area contributed by atoms with E-state index in [0.717, 1.165) is 11.0 Å². The third-order valence-electron chi connectivity index (χ3n) is 2.84. The Morgan fingerprint density at radius 2 is 2.11 bits per heavy atom. The minimum atomic E-state index is -1.12. The van der Waals surface area contributed by atoms with E-state index < -0.39 is 29.4 Å². The minimum Gasteiger partial charge on any atom is -0.481 e. The first kappa shape index (κ1) is 12.3. The summed E-state index contributed by atoms with van der Waals surface area (Å²) in [6.07, 6.45) is -0.201. The zero-order chi connectivity index (χ0) is 13.4. The highest BCUT2D eigenvalue weighted by Gasteiger charge is 2.36. The molecule has 1 saturated heterocycles. The molecule has 0 saturated carbocycles. The number of carbonyl (C=O) groups is 2. The van der Waals surface area contributed by atoms with Crippen molar-refractivity contribution in [3.8, 4) is 0 Å². The highest BCUT2D eigenvalue weighted by atomic mass is 19.1. The first-order valence-corrected chi connectivity index (χ1v) is 5.18. The highest BCUT2D eigenvalue weighted by Crippen LogP contribution is 2.32. The lowest BCUT2D eigenvalue weighted by atomic mass is 10.1. The number of nitrogen functional groups attached to an aromatic ring is 1. The fourth-order valence-corrected chi connectivity index (χ4v) is 1.90. The third kappa shape index (κ3) is 1.99. The maximum Gasteiger partial charge on any atom is 0.308 e. The first-order chi connectivity index (χ1) is 8.40. The molecule has 18 heavy (non-hydrogen) atoms. The van der Waals surface area contributed by atoms with Crippen LogP contribution in [0.5, 0.6) is 0 Å². The predicted molar refractivity (Wildman–Crippen MR) is 58.9 cm³/mol. The molecule has 7 heteroatoms. The lowest BCUT2D eigenvalue weighted by Gasteiger charge is -2.18. The lowest BCUT2D eigenvalue weighted by molar-refractivity contribution is -0.141. The third-order valence-corrected chi connectivity index (χ3v) is 2.84. The zero-order valence-corrected chi connectivity index (χ0v) is 9.19. The molecule has 96 valence electrons. The second-order valence-corrected chi connectivity index (χ2v) is 4.06. The van der Waals surface area contributed by atoms with E-state index in [9.17, 15) is 18.4 Å². The van der Waals surface area contributed by atoms with Crippen LogP contribution in [0, 0.1) is 17.6 Å². The first-order valence-electron chi connectivity index (χ1n) is 5.18. The normalized spacial score (nSPS) is 19.3. The van der Waals surface area contributed by atoms with Gasteiger partial charge in [-0.05, 0) is 6.07 Å². The van der Waals surface area contributed by atoms with Crippen LogP contribution in [0.3, 0.4) is 0 Å². The van der Waals surface area contributed by atoms with E-state index in [1.54, 1.807) is 0 Å². The molecule has 1 aliphatic heterocycles. The van der Waals surface area contributed by atoms with Crippen LogP contribution in [0.25, 0.3) is 0 Å². The van der Waals surface area contributed by atoms with E-state index >= 15 is 0 Å². The molecule has 1 fully saturated rings. The molecule has 5 nitrogen and oxygen atoms in total. The van der Waals surface area contributed by atoms with E-state index in [1.807, 2.05) is 0 Å². The van der Waals surface area contributed by atoms with Crippen LogP contribution < -0.4 is 10.6 Å². The fraction of sp³-hybridized carbons (Fsp3) is 0.273. The van der Waals surface area contributed by atoms with Gasteiger partial charge in [0.05, 0.1) is 17.3 Å². The Balaban J connectivity index is 2.38. The fourth-order valence-electron chi connectivity index (χ4n) is 1.90. The molecule has 1 aliphatic rings.